The summed E-state index contributed by atoms with van der Waals surface area (Å²) in [4.78, 5) is 17.8. The van der Waals surface area contributed by atoms with E-state index in [-0.39, 0.29) is 10.5 Å². The van der Waals surface area contributed by atoms with Crippen molar-refractivity contribution in [1.29, 1.82) is 0 Å². The van der Waals surface area contributed by atoms with E-state index in [0.29, 0.717) is 18.7 Å². The van der Waals surface area contributed by atoms with Crippen LogP contribution < -0.4 is 10.5 Å². The third kappa shape index (κ3) is 3.15. The summed E-state index contributed by atoms with van der Waals surface area (Å²) in [5.74, 6) is 0. The van der Waals surface area contributed by atoms with E-state index >= 15 is 0 Å². The zero-order valence-electron chi connectivity index (χ0n) is 15.2. The highest BCUT2D eigenvalue weighted by Gasteiger charge is 2.21. The van der Waals surface area contributed by atoms with Crippen molar-refractivity contribution in [1.82, 2.24) is 9.55 Å². The summed E-state index contributed by atoms with van der Waals surface area (Å²) in [5.41, 5.74) is 2.94. The van der Waals surface area contributed by atoms with Crippen LogP contribution in [-0.2, 0) is 21.6 Å². The summed E-state index contributed by atoms with van der Waals surface area (Å²) in [5, 5.41) is 0.776. The summed E-state index contributed by atoms with van der Waals surface area (Å²) in [6, 6.07) is 7.04. The number of nitrogens with one attached hydrogen (secondary N) is 1. The van der Waals surface area contributed by atoms with Gasteiger partial charge in [0.2, 0.25) is 0 Å². The van der Waals surface area contributed by atoms with E-state index in [0.717, 1.165) is 35.3 Å². The van der Waals surface area contributed by atoms with Crippen LogP contribution in [0, 0.1) is 0 Å². The molecule has 1 aromatic carbocycles. The van der Waals surface area contributed by atoms with E-state index in [1.54, 1.807) is 31.6 Å². The summed E-state index contributed by atoms with van der Waals surface area (Å²) >= 11 is 0. The van der Waals surface area contributed by atoms with Crippen LogP contribution in [0.15, 0.2) is 46.3 Å². The van der Waals surface area contributed by atoms with Gasteiger partial charge < -0.3 is 19.2 Å². The van der Waals surface area contributed by atoms with E-state index < -0.39 is 9.84 Å². The Kier molecular flexibility index (Phi) is 4.32. The van der Waals surface area contributed by atoms with Gasteiger partial charge in [0.15, 0.2) is 9.84 Å². The first-order valence-corrected chi connectivity index (χ1v) is 10.6. The molecule has 1 saturated heterocycles. The quantitative estimate of drug-likeness (QED) is 0.741. The lowest BCUT2D eigenvalue weighted by Crippen LogP contribution is -2.36. The van der Waals surface area contributed by atoms with E-state index in [4.69, 9.17) is 4.74 Å². The first kappa shape index (κ1) is 17.8. The van der Waals surface area contributed by atoms with Crippen molar-refractivity contribution in [3.05, 3.63) is 47.0 Å². The number of aromatic nitrogens is 2. The molecule has 27 heavy (non-hydrogen) atoms. The first-order chi connectivity index (χ1) is 12.9. The Morgan fingerprint density at radius 3 is 2.56 bits per heavy atom. The van der Waals surface area contributed by atoms with E-state index in [9.17, 15) is 13.2 Å². The third-order valence-electron chi connectivity index (χ3n) is 4.93. The molecule has 1 aliphatic rings. The molecule has 0 bridgehead atoms. The van der Waals surface area contributed by atoms with Gasteiger partial charge in [-0.2, -0.15) is 0 Å². The molecule has 0 spiro atoms. The molecule has 0 radical (unpaired) electrons. The highest BCUT2D eigenvalue weighted by atomic mass is 32.2. The monoisotopic (exact) mass is 387 g/mol. The third-order valence-corrected chi connectivity index (χ3v) is 6.04. The topological polar surface area (TPSA) is 84.4 Å². The van der Waals surface area contributed by atoms with Crippen LogP contribution in [0.2, 0.25) is 0 Å². The van der Waals surface area contributed by atoms with E-state index in [1.807, 2.05) is 12.1 Å². The highest BCUT2D eigenvalue weighted by molar-refractivity contribution is 7.90. The van der Waals surface area contributed by atoms with Gasteiger partial charge in [0.25, 0.3) is 5.56 Å². The molecule has 2 aromatic heterocycles. The number of sulfone groups is 1. The lowest BCUT2D eigenvalue weighted by Gasteiger charge is -2.31. The number of rotatable bonds is 3. The predicted molar refractivity (Wildman–Crippen MR) is 105 cm³/mol. The number of anilines is 1. The molecule has 0 saturated carbocycles. The average molecular weight is 387 g/mol. The van der Waals surface area contributed by atoms with Gasteiger partial charge in [-0.05, 0) is 24.3 Å². The Labute approximate surface area is 157 Å². The SMILES string of the molecule is Cn1cc(-c2cc(S(C)(=O)=O)ccc2N2CCOCC2)c2cc[nH]c2c1=O. The molecule has 0 amide bonds. The Morgan fingerprint density at radius 1 is 1.11 bits per heavy atom. The molecule has 3 heterocycles. The minimum absolute atomic E-state index is 0.119. The molecule has 4 rings (SSSR count). The number of morpholine rings is 1. The summed E-state index contributed by atoms with van der Waals surface area (Å²) in [6.45, 7) is 2.71. The number of benzene rings is 1. The van der Waals surface area contributed by atoms with Crippen LogP contribution >= 0.6 is 0 Å². The van der Waals surface area contributed by atoms with Crippen molar-refractivity contribution in [2.45, 2.75) is 4.90 Å². The van der Waals surface area contributed by atoms with Gasteiger partial charge in [-0.1, -0.05) is 0 Å². The van der Waals surface area contributed by atoms with E-state index in [2.05, 4.69) is 9.88 Å². The maximum atomic E-state index is 12.4. The molecule has 8 heteroatoms. The predicted octanol–water partition coefficient (Wildman–Crippen LogP) is 1.77. The molecular formula is C19H21N3O4S. The number of aromatic amines is 1. The maximum absolute atomic E-state index is 12.4. The van der Waals surface area contributed by atoms with Gasteiger partial charge in [0, 0.05) is 61.0 Å². The fraction of sp³-hybridized carbons (Fsp3) is 0.316. The maximum Gasteiger partial charge on any atom is 0.274 e. The number of nitrogens with zero attached hydrogens (tertiary/aromatic N) is 2. The second-order valence-corrected chi connectivity index (χ2v) is 8.79. The van der Waals surface area contributed by atoms with Gasteiger partial charge in [0.1, 0.15) is 5.52 Å². The van der Waals surface area contributed by atoms with Gasteiger partial charge in [-0.15, -0.1) is 0 Å². The lowest BCUT2D eigenvalue weighted by molar-refractivity contribution is 0.123. The van der Waals surface area contributed by atoms with Crippen molar-refractivity contribution in [3.63, 3.8) is 0 Å². The van der Waals surface area contributed by atoms with Crippen molar-refractivity contribution < 1.29 is 13.2 Å². The lowest BCUT2D eigenvalue weighted by atomic mass is 10.0. The molecule has 0 aliphatic carbocycles. The highest BCUT2D eigenvalue weighted by Crippen LogP contribution is 2.36. The van der Waals surface area contributed by atoms with Crippen LogP contribution in [0.4, 0.5) is 5.69 Å². The van der Waals surface area contributed by atoms with Gasteiger partial charge in [-0.25, -0.2) is 8.42 Å². The van der Waals surface area contributed by atoms with Crippen molar-refractivity contribution in [2.24, 2.45) is 7.05 Å². The minimum atomic E-state index is -3.36. The second-order valence-electron chi connectivity index (χ2n) is 6.78. The normalized spacial score (nSPS) is 15.4. The zero-order valence-corrected chi connectivity index (χ0v) is 16.0. The van der Waals surface area contributed by atoms with Crippen LogP contribution in [0.5, 0.6) is 0 Å². The number of H-pyrrole nitrogens is 1. The van der Waals surface area contributed by atoms with Gasteiger partial charge in [-0.3, -0.25) is 4.79 Å². The molecule has 1 aliphatic heterocycles. The molecule has 142 valence electrons. The summed E-state index contributed by atoms with van der Waals surface area (Å²) < 4.78 is 31.3. The molecule has 0 unspecified atom stereocenters. The minimum Gasteiger partial charge on any atom is -0.378 e. The number of hydrogen-bond donors (Lipinski definition) is 1. The van der Waals surface area contributed by atoms with Crippen LogP contribution in [-0.4, -0.2) is 50.5 Å². The molecule has 3 aromatic rings. The number of aryl methyl sites for hydroxylation is 1. The number of hydrogen-bond acceptors (Lipinski definition) is 5. The molecule has 1 N–H and O–H groups in total. The summed E-state index contributed by atoms with van der Waals surface area (Å²) in [7, 11) is -1.66. The van der Waals surface area contributed by atoms with E-state index in [1.165, 1.54) is 10.8 Å². The number of pyridine rings is 1. The summed E-state index contributed by atoms with van der Waals surface area (Å²) in [6.07, 6.45) is 4.70. The van der Waals surface area contributed by atoms with Gasteiger partial charge >= 0.3 is 0 Å². The van der Waals surface area contributed by atoms with Gasteiger partial charge in [0.05, 0.1) is 18.1 Å². The Balaban J connectivity index is 2.02. The van der Waals surface area contributed by atoms with Crippen LogP contribution in [0.1, 0.15) is 0 Å². The van der Waals surface area contributed by atoms with Crippen LogP contribution in [0.25, 0.3) is 22.0 Å². The van der Waals surface area contributed by atoms with Crippen LogP contribution in [0.3, 0.4) is 0 Å². The fourth-order valence-corrected chi connectivity index (χ4v) is 4.17. The molecule has 1 fully saturated rings. The largest absolute Gasteiger partial charge is 0.378 e. The Morgan fingerprint density at radius 2 is 1.85 bits per heavy atom. The smallest absolute Gasteiger partial charge is 0.274 e. The second kappa shape index (κ2) is 6.54. The van der Waals surface area contributed by atoms with Crippen molar-refractivity contribution in [2.75, 3.05) is 37.5 Å². The molecule has 0 atom stereocenters. The molecular weight excluding hydrogens is 366 g/mol. The zero-order chi connectivity index (χ0) is 19.2. The average Bonchev–Trinajstić information content (AvgIpc) is 3.14. The molecule has 7 nitrogen and oxygen atoms in total. The van der Waals surface area contributed by atoms with Crippen molar-refractivity contribution in [3.8, 4) is 11.1 Å². The first-order valence-electron chi connectivity index (χ1n) is 8.70. The number of ether oxygens (including phenoxy) is 1. The Hall–Kier alpha value is -2.58. The standard InChI is InChI=1S/C19H21N3O4S/c1-21-12-16(14-5-6-20-18(14)19(21)23)15-11-13(27(2,24)25)3-4-17(15)22-7-9-26-10-8-22/h3-6,11-12,20H,7-10H2,1-2H3. The Bertz CT molecular complexity index is 1170. The number of fused-ring (bicyclic) bond motifs is 1. The van der Waals surface area contributed by atoms with Crippen molar-refractivity contribution >= 4 is 26.4 Å². The fourth-order valence-electron chi connectivity index (χ4n) is 3.53.